The van der Waals surface area contributed by atoms with Gasteiger partial charge in [0, 0.05) is 30.1 Å². The van der Waals surface area contributed by atoms with Crippen LogP contribution in [0.2, 0.25) is 0 Å². The van der Waals surface area contributed by atoms with Crippen LogP contribution in [0.3, 0.4) is 0 Å². The largest absolute Gasteiger partial charge is 0.375 e. The average molecular weight is 311 g/mol. The maximum absolute atomic E-state index is 5.76. The fourth-order valence-electron chi connectivity index (χ4n) is 2.40. The van der Waals surface area contributed by atoms with Gasteiger partial charge in [0.05, 0.1) is 18.4 Å². The predicted octanol–water partition coefficient (Wildman–Crippen LogP) is 3.21. The minimum absolute atomic E-state index is 0.140. The monoisotopic (exact) mass is 311 g/mol. The maximum Gasteiger partial charge on any atom is 0.185 e. The SMILES string of the molecule is CCc1nc(N2CCOC(CC)C2)sc1CNC(C)(C)C. The van der Waals surface area contributed by atoms with Crippen molar-refractivity contribution >= 4 is 16.5 Å². The lowest BCUT2D eigenvalue weighted by molar-refractivity contribution is 0.0384. The predicted molar refractivity (Wildman–Crippen MR) is 90.3 cm³/mol. The summed E-state index contributed by atoms with van der Waals surface area (Å²) in [6.45, 7) is 14.6. The van der Waals surface area contributed by atoms with Crippen molar-refractivity contribution in [2.24, 2.45) is 0 Å². The molecule has 1 fully saturated rings. The number of nitrogens with one attached hydrogen (secondary N) is 1. The van der Waals surface area contributed by atoms with Crippen molar-refractivity contribution in [2.45, 2.75) is 65.6 Å². The lowest BCUT2D eigenvalue weighted by Gasteiger charge is -2.32. The number of aromatic nitrogens is 1. The first-order valence-corrected chi connectivity index (χ1v) is 8.84. The van der Waals surface area contributed by atoms with Crippen molar-refractivity contribution in [1.82, 2.24) is 10.3 Å². The molecule has 0 aliphatic carbocycles. The van der Waals surface area contributed by atoms with Gasteiger partial charge >= 0.3 is 0 Å². The Labute approximate surface area is 132 Å². The van der Waals surface area contributed by atoms with Crippen molar-refractivity contribution in [3.8, 4) is 0 Å². The van der Waals surface area contributed by atoms with Gasteiger partial charge in [-0.3, -0.25) is 0 Å². The Kier molecular flexibility index (Phi) is 5.63. The topological polar surface area (TPSA) is 37.4 Å². The van der Waals surface area contributed by atoms with Crippen molar-refractivity contribution in [2.75, 3.05) is 24.6 Å². The van der Waals surface area contributed by atoms with Crippen LogP contribution in [0.15, 0.2) is 0 Å². The quantitative estimate of drug-likeness (QED) is 0.906. The summed E-state index contributed by atoms with van der Waals surface area (Å²) in [6, 6.07) is 0. The number of hydrogen-bond acceptors (Lipinski definition) is 5. The fraction of sp³-hybridized carbons (Fsp3) is 0.812. The van der Waals surface area contributed by atoms with Gasteiger partial charge in [0.25, 0.3) is 0 Å². The molecule has 1 unspecified atom stereocenters. The van der Waals surface area contributed by atoms with Gasteiger partial charge in [0.15, 0.2) is 5.13 Å². The summed E-state index contributed by atoms with van der Waals surface area (Å²) in [5, 5.41) is 4.74. The van der Waals surface area contributed by atoms with E-state index in [1.807, 2.05) is 11.3 Å². The van der Waals surface area contributed by atoms with Crippen molar-refractivity contribution in [1.29, 1.82) is 0 Å². The van der Waals surface area contributed by atoms with Crippen LogP contribution >= 0.6 is 11.3 Å². The first kappa shape index (κ1) is 16.7. The summed E-state index contributed by atoms with van der Waals surface area (Å²) < 4.78 is 5.76. The fourth-order valence-corrected chi connectivity index (χ4v) is 3.53. The number of nitrogens with zero attached hydrogens (tertiary/aromatic N) is 2. The van der Waals surface area contributed by atoms with Gasteiger partial charge in [0.1, 0.15) is 0 Å². The average Bonchev–Trinajstić information content (AvgIpc) is 2.88. The van der Waals surface area contributed by atoms with E-state index in [4.69, 9.17) is 9.72 Å². The molecule has 0 radical (unpaired) electrons. The van der Waals surface area contributed by atoms with E-state index in [0.29, 0.717) is 6.10 Å². The lowest BCUT2D eigenvalue weighted by atomic mass is 10.1. The van der Waals surface area contributed by atoms with E-state index in [0.717, 1.165) is 39.1 Å². The molecule has 4 nitrogen and oxygen atoms in total. The normalized spacial score (nSPS) is 20.0. The Hall–Kier alpha value is -0.650. The molecule has 1 aromatic rings. The van der Waals surface area contributed by atoms with Crippen LogP contribution in [-0.2, 0) is 17.7 Å². The molecule has 2 heterocycles. The molecule has 0 saturated carbocycles. The molecule has 0 aromatic carbocycles. The zero-order valence-electron chi connectivity index (χ0n) is 14.0. The lowest BCUT2D eigenvalue weighted by Crippen LogP contribution is -2.42. The summed E-state index contributed by atoms with van der Waals surface area (Å²) in [6.07, 6.45) is 2.42. The van der Waals surface area contributed by atoms with E-state index in [1.54, 1.807) is 0 Å². The van der Waals surface area contributed by atoms with Crippen LogP contribution in [0.4, 0.5) is 5.13 Å². The highest BCUT2D eigenvalue weighted by molar-refractivity contribution is 7.15. The number of thiazole rings is 1. The third-order valence-corrected chi connectivity index (χ3v) is 4.90. The van der Waals surface area contributed by atoms with E-state index in [1.165, 1.54) is 15.7 Å². The maximum atomic E-state index is 5.76. The summed E-state index contributed by atoms with van der Waals surface area (Å²) >= 11 is 1.84. The van der Waals surface area contributed by atoms with Crippen molar-refractivity contribution < 1.29 is 4.74 Å². The molecule has 0 bridgehead atoms. The molecule has 1 aromatic heterocycles. The van der Waals surface area contributed by atoms with E-state index < -0.39 is 0 Å². The molecule has 2 rings (SSSR count). The van der Waals surface area contributed by atoms with E-state index in [9.17, 15) is 0 Å². The van der Waals surface area contributed by atoms with E-state index >= 15 is 0 Å². The summed E-state index contributed by atoms with van der Waals surface area (Å²) in [7, 11) is 0. The van der Waals surface area contributed by atoms with Crippen LogP contribution in [-0.4, -0.2) is 36.3 Å². The number of morpholine rings is 1. The van der Waals surface area contributed by atoms with Gasteiger partial charge in [-0.15, -0.1) is 11.3 Å². The second kappa shape index (κ2) is 7.07. The molecule has 1 aliphatic heterocycles. The van der Waals surface area contributed by atoms with E-state index in [2.05, 4.69) is 44.8 Å². The van der Waals surface area contributed by atoms with Crippen LogP contribution < -0.4 is 10.2 Å². The highest BCUT2D eigenvalue weighted by Crippen LogP contribution is 2.29. The Morgan fingerprint density at radius 2 is 2.14 bits per heavy atom. The van der Waals surface area contributed by atoms with Gasteiger partial charge in [-0.25, -0.2) is 4.98 Å². The zero-order valence-corrected chi connectivity index (χ0v) is 14.8. The Morgan fingerprint density at radius 1 is 1.38 bits per heavy atom. The molecular weight excluding hydrogens is 282 g/mol. The first-order valence-electron chi connectivity index (χ1n) is 8.03. The van der Waals surface area contributed by atoms with Gasteiger partial charge in [-0.2, -0.15) is 0 Å². The van der Waals surface area contributed by atoms with Gasteiger partial charge in [-0.1, -0.05) is 13.8 Å². The van der Waals surface area contributed by atoms with Gasteiger partial charge < -0.3 is 15.0 Å². The number of aryl methyl sites for hydroxylation is 1. The van der Waals surface area contributed by atoms with Crippen molar-refractivity contribution in [3.05, 3.63) is 10.6 Å². The minimum atomic E-state index is 0.140. The Bertz CT molecular complexity index is 453. The third kappa shape index (κ3) is 4.66. The molecule has 1 atom stereocenters. The number of ether oxygens (including phenoxy) is 1. The second-order valence-electron chi connectivity index (χ2n) is 6.67. The Balaban J connectivity index is 2.08. The minimum Gasteiger partial charge on any atom is -0.375 e. The second-order valence-corrected chi connectivity index (χ2v) is 7.73. The molecule has 1 aliphatic rings. The van der Waals surface area contributed by atoms with Crippen LogP contribution in [0.1, 0.15) is 51.6 Å². The first-order chi connectivity index (χ1) is 9.93. The number of anilines is 1. The molecule has 5 heteroatoms. The summed E-state index contributed by atoms with van der Waals surface area (Å²) in [4.78, 5) is 8.64. The summed E-state index contributed by atoms with van der Waals surface area (Å²) in [5.74, 6) is 0. The molecular formula is C16H29N3OS. The van der Waals surface area contributed by atoms with Crippen molar-refractivity contribution in [3.63, 3.8) is 0 Å². The molecule has 21 heavy (non-hydrogen) atoms. The van der Waals surface area contributed by atoms with Gasteiger partial charge in [0.2, 0.25) is 0 Å². The highest BCUT2D eigenvalue weighted by Gasteiger charge is 2.23. The van der Waals surface area contributed by atoms with Gasteiger partial charge in [-0.05, 0) is 33.6 Å². The van der Waals surface area contributed by atoms with Crippen LogP contribution in [0.25, 0.3) is 0 Å². The standard InChI is InChI=1S/C16H29N3OS/c1-6-12-11-19(8-9-20-12)15-18-13(7-2)14(21-15)10-17-16(3,4)5/h12,17H,6-11H2,1-5H3. The summed E-state index contributed by atoms with van der Waals surface area (Å²) in [5.41, 5.74) is 1.38. The van der Waals surface area contributed by atoms with Crippen LogP contribution in [0.5, 0.6) is 0 Å². The molecule has 1 N–H and O–H groups in total. The highest BCUT2D eigenvalue weighted by atomic mass is 32.1. The third-order valence-electron chi connectivity index (χ3n) is 3.75. The Morgan fingerprint density at radius 3 is 2.76 bits per heavy atom. The smallest absolute Gasteiger partial charge is 0.185 e. The number of hydrogen-bond donors (Lipinski definition) is 1. The zero-order chi connectivity index (χ0) is 15.5. The number of rotatable bonds is 5. The van der Waals surface area contributed by atoms with Crippen LogP contribution in [0, 0.1) is 0 Å². The van der Waals surface area contributed by atoms with E-state index in [-0.39, 0.29) is 5.54 Å². The molecule has 120 valence electrons. The molecule has 0 amide bonds. The molecule has 0 spiro atoms. The molecule has 1 saturated heterocycles.